The van der Waals surface area contributed by atoms with Gasteiger partial charge in [0, 0.05) is 18.3 Å². The molecule has 0 saturated carbocycles. The average Bonchev–Trinajstić information content (AvgIpc) is 2.48. The summed E-state index contributed by atoms with van der Waals surface area (Å²) in [4.78, 5) is 4.44. The molecule has 2 heteroatoms. The largest absolute Gasteiger partial charge is 0.493 e. The Morgan fingerprint density at radius 2 is 1.80 bits per heavy atom. The van der Waals surface area contributed by atoms with Gasteiger partial charge >= 0.3 is 0 Å². The van der Waals surface area contributed by atoms with Gasteiger partial charge in [-0.15, -0.1) is 0 Å². The molecule has 0 spiro atoms. The maximum Gasteiger partial charge on any atom is 0.119 e. The summed E-state index contributed by atoms with van der Waals surface area (Å²) in [7, 11) is 0. The summed E-state index contributed by atoms with van der Waals surface area (Å²) in [6, 6.07) is 12.6. The molecule has 0 atom stereocenters. The fourth-order valence-electron chi connectivity index (χ4n) is 2.03. The molecule has 20 heavy (non-hydrogen) atoms. The maximum absolute atomic E-state index is 5.76. The molecule has 0 aliphatic rings. The van der Waals surface area contributed by atoms with Crippen LogP contribution in [-0.2, 0) is 12.8 Å². The van der Waals surface area contributed by atoms with E-state index in [1.807, 2.05) is 18.3 Å². The van der Waals surface area contributed by atoms with E-state index in [2.05, 4.69) is 50.0 Å². The van der Waals surface area contributed by atoms with Crippen LogP contribution in [0.4, 0.5) is 0 Å². The van der Waals surface area contributed by atoms with E-state index in [9.17, 15) is 0 Å². The molecule has 2 nitrogen and oxygen atoms in total. The highest BCUT2D eigenvalue weighted by Crippen LogP contribution is 2.18. The summed E-state index contributed by atoms with van der Waals surface area (Å²) in [5.41, 5.74) is 3.70. The van der Waals surface area contributed by atoms with Crippen LogP contribution >= 0.6 is 0 Å². The van der Waals surface area contributed by atoms with Gasteiger partial charge < -0.3 is 4.74 Å². The van der Waals surface area contributed by atoms with Gasteiger partial charge in [-0.2, -0.15) is 0 Å². The van der Waals surface area contributed by atoms with Gasteiger partial charge in [-0.05, 0) is 41.7 Å². The van der Waals surface area contributed by atoms with Crippen LogP contribution in [0, 0.1) is 0 Å². The monoisotopic (exact) mass is 269 g/mol. The molecule has 2 aromatic rings. The van der Waals surface area contributed by atoms with Crippen molar-refractivity contribution in [2.45, 2.75) is 39.5 Å². The summed E-state index contributed by atoms with van der Waals surface area (Å²) in [6.07, 6.45) is 3.83. The molecule has 1 aromatic heterocycles. The van der Waals surface area contributed by atoms with Crippen molar-refractivity contribution < 1.29 is 4.74 Å². The third kappa shape index (κ3) is 4.09. The van der Waals surface area contributed by atoms with Gasteiger partial charge in [-0.3, -0.25) is 4.98 Å². The first-order chi connectivity index (χ1) is 9.69. The highest BCUT2D eigenvalue weighted by molar-refractivity contribution is 5.28. The molecule has 2 rings (SSSR count). The summed E-state index contributed by atoms with van der Waals surface area (Å²) in [5.74, 6) is 1.49. The summed E-state index contributed by atoms with van der Waals surface area (Å²) in [6.45, 7) is 7.20. The summed E-state index contributed by atoms with van der Waals surface area (Å²) >= 11 is 0. The first-order valence-corrected chi connectivity index (χ1v) is 7.35. The van der Waals surface area contributed by atoms with Crippen molar-refractivity contribution in [2.75, 3.05) is 6.61 Å². The van der Waals surface area contributed by atoms with Crippen LogP contribution in [0.15, 0.2) is 42.6 Å². The van der Waals surface area contributed by atoms with Crippen LogP contribution in [-0.4, -0.2) is 11.6 Å². The van der Waals surface area contributed by atoms with Crippen LogP contribution < -0.4 is 4.74 Å². The van der Waals surface area contributed by atoms with Crippen molar-refractivity contribution >= 4 is 0 Å². The Balaban J connectivity index is 1.82. The second kappa shape index (κ2) is 7.09. The van der Waals surface area contributed by atoms with E-state index >= 15 is 0 Å². The van der Waals surface area contributed by atoms with Gasteiger partial charge in [-0.25, -0.2) is 0 Å². The molecule has 0 saturated heterocycles. The Morgan fingerprint density at radius 3 is 2.35 bits per heavy atom. The van der Waals surface area contributed by atoms with E-state index in [1.54, 1.807) is 0 Å². The molecule has 0 N–H and O–H groups in total. The second-order valence-electron chi connectivity index (χ2n) is 5.33. The number of aryl methyl sites for hydroxylation is 1. The van der Waals surface area contributed by atoms with Gasteiger partial charge in [0.1, 0.15) is 5.75 Å². The molecule has 0 aliphatic carbocycles. The van der Waals surface area contributed by atoms with E-state index in [0.29, 0.717) is 12.5 Å². The van der Waals surface area contributed by atoms with Gasteiger partial charge in [0.05, 0.1) is 6.61 Å². The van der Waals surface area contributed by atoms with Gasteiger partial charge in [0.2, 0.25) is 0 Å². The zero-order valence-corrected chi connectivity index (χ0v) is 12.6. The van der Waals surface area contributed by atoms with Crippen molar-refractivity contribution in [3.63, 3.8) is 0 Å². The van der Waals surface area contributed by atoms with E-state index in [0.717, 1.165) is 24.3 Å². The van der Waals surface area contributed by atoms with Gasteiger partial charge in [-0.1, -0.05) is 39.0 Å². The van der Waals surface area contributed by atoms with Crippen LogP contribution in [0.3, 0.4) is 0 Å². The second-order valence-corrected chi connectivity index (χ2v) is 5.33. The molecule has 0 bridgehead atoms. The number of nitrogens with zero attached hydrogens (tertiary/aromatic N) is 1. The Labute approximate surface area is 121 Å². The van der Waals surface area contributed by atoms with Crippen LogP contribution in [0.5, 0.6) is 5.75 Å². The lowest BCUT2D eigenvalue weighted by atomic mass is 10.0. The number of pyridine rings is 1. The summed E-state index contributed by atoms with van der Waals surface area (Å²) in [5, 5.41) is 0. The minimum Gasteiger partial charge on any atom is -0.493 e. The Bertz CT molecular complexity index is 514. The van der Waals surface area contributed by atoms with Gasteiger partial charge in [0.25, 0.3) is 0 Å². The minimum atomic E-state index is 0.560. The van der Waals surface area contributed by atoms with Crippen LogP contribution in [0.25, 0.3) is 0 Å². The zero-order chi connectivity index (χ0) is 14.4. The standard InChI is InChI=1S/C18H23NO/c1-4-15-5-8-17(19-13-15)11-12-20-18-9-6-16(7-10-18)14(2)3/h5-10,13-14H,4,11-12H2,1-3H3. The Morgan fingerprint density at radius 1 is 1.05 bits per heavy atom. The van der Waals surface area contributed by atoms with Crippen molar-refractivity contribution in [2.24, 2.45) is 0 Å². The predicted octanol–water partition coefficient (Wildman–Crippen LogP) is 4.39. The highest BCUT2D eigenvalue weighted by Gasteiger charge is 2.00. The van der Waals surface area contributed by atoms with E-state index in [1.165, 1.54) is 11.1 Å². The van der Waals surface area contributed by atoms with E-state index in [4.69, 9.17) is 4.74 Å². The van der Waals surface area contributed by atoms with Crippen molar-refractivity contribution in [1.82, 2.24) is 4.98 Å². The fraction of sp³-hybridized carbons (Fsp3) is 0.389. The SMILES string of the molecule is CCc1ccc(CCOc2ccc(C(C)C)cc2)nc1. The Hall–Kier alpha value is -1.83. The van der Waals surface area contributed by atoms with Crippen molar-refractivity contribution in [3.05, 3.63) is 59.4 Å². The number of hydrogen-bond acceptors (Lipinski definition) is 2. The molecule has 1 heterocycles. The first-order valence-electron chi connectivity index (χ1n) is 7.35. The fourth-order valence-corrected chi connectivity index (χ4v) is 2.03. The molecular weight excluding hydrogens is 246 g/mol. The van der Waals surface area contributed by atoms with Crippen LogP contribution in [0.1, 0.15) is 43.5 Å². The van der Waals surface area contributed by atoms with E-state index in [-0.39, 0.29) is 0 Å². The third-order valence-corrected chi connectivity index (χ3v) is 3.47. The first kappa shape index (κ1) is 14.6. The molecule has 0 amide bonds. The smallest absolute Gasteiger partial charge is 0.119 e. The lowest BCUT2D eigenvalue weighted by molar-refractivity contribution is 0.320. The topological polar surface area (TPSA) is 22.1 Å². The molecule has 1 aromatic carbocycles. The molecular formula is C18H23NO. The summed E-state index contributed by atoms with van der Waals surface area (Å²) < 4.78 is 5.76. The number of hydrogen-bond donors (Lipinski definition) is 0. The molecule has 0 radical (unpaired) electrons. The molecule has 0 aliphatic heterocycles. The third-order valence-electron chi connectivity index (χ3n) is 3.47. The van der Waals surface area contributed by atoms with E-state index < -0.39 is 0 Å². The minimum absolute atomic E-state index is 0.560. The zero-order valence-electron chi connectivity index (χ0n) is 12.6. The maximum atomic E-state index is 5.76. The van der Waals surface area contributed by atoms with Crippen molar-refractivity contribution in [3.8, 4) is 5.75 Å². The number of rotatable bonds is 6. The lowest BCUT2D eigenvalue weighted by Crippen LogP contribution is -2.03. The number of ether oxygens (including phenoxy) is 1. The van der Waals surface area contributed by atoms with Gasteiger partial charge in [0.15, 0.2) is 0 Å². The van der Waals surface area contributed by atoms with Crippen LogP contribution in [0.2, 0.25) is 0 Å². The quantitative estimate of drug-likeness (QED) is 0.776. The molecule has 0 unspecified atom stereocenters. The highest BCUT2D eigenvalue weighted by atomic mass is 16.5. The Kier molecular flexibility index (Phi) is 5.16. The number of benzene rings is 1. The van der Waals surface area contributed by atoms with Crippen molar-refractivity contribution in [1.29, 1.82) is 0 Å². The normalized spacial score (nSPS) is 10.8. The lowest BCUT2D eigenvalue weighted by Gasteiger charge is -2.09. The number of aromatic nitrogens is 1. The molecule has 0 fully saturated rings. The molecule has 106 valence electrons. The average molecular weight is 269 g/mol. The predicted molar refractivity (Wildman–Crippen MR) is 83.3 cm³/mol.